The Morgan fingerprint density at radius 1 is 1.17 bits per heavy atom. The molecule has 0 bridgehead atoms. The van der Waals surface area contributed by atoms with E-state index in [4.69, 9.17) is 0 Å². The molecule has 0 aliphatic carbocycles. The van der Waals surface area contributed by atoms with Crippen LogP contribution in [0.4, 0.5) is 5.69 Å². The van der Waals surface area contributed by atoms with Crippen molar-refractivity contribution in [1.82, 2.24) is 4.57 Å². The van der Waals surface area contributed by atoms with Crippen molar-refractivity contribution in [2.75, 3.05) is 0 Å². The van der Waals surface area contributed by atoms with Crippen LogP contribution in [0.25, 0.3) is 0 Å². The highest BCUT2D eigenvalue weighted by molar-refractivity contribution is 5.96. The molecular weight excluding hydrogens is 296 g/mol. The van der Waals surface area contributed by atoms with Gasteiger partial charge in [-0.2, -0.15) is 0 Å². The van der Waals surface area contributed by atoms with Crippen LogP contribution in [0, 0.1) is 17.0 Å². The topological polar surface area (TPSA) is 82.2 Å². The zero-order chi connectivity index (χ0) is 17.1. The highest BCUT2D eigenvalue weighted by Crippen LogP contribution is 2.17. The lowest BCUT2D eigenvalue weighted by atomic mass is 10.0. The molecule has 0 aliphatic rings. The minimum absolute atomic E-state index is 0.174. The third kappa shape index (κ3) is 3.53. The van der Waals surface area contributed by atoms with Crippen LogP contribution >= 0.6 is 0 Å². The quantitative estimate of drug-likeness (QED) is 0.482. The lowest BCUT2D eigenvalue weighted by Gasteiger charge is -2.10. The number of carbonyl (C=O) groups excluding carboxylic acids is 1. The molecule has 0 amide bonds. The number of nitrogens with zero attached hydrogens (tertiary/aromatic N) is 2. The standard InChI is InChI=1S/C17H18N2O4/c1-11(2)13-4-6-14(7-5-13)16(20)10-18-12(3)15(19(22)23)8-9-17(18)21/h4-9,11H,10H2,1-3H3. The first-order valence-electron chi connectivity index (χ1n) is 7.29. The van der Waals surface area contributed by atoms with Gasteiger partial charge in [-0.1, -0.05) is 38.1 Å². The lowest BCUT2D eigenvalue weighted by Crippen LogP contribution is -2.26. The molecule has 2 aromatic rings. The second kappa shape index (κ2) is 6.56. The summed E-state index contributed by atoms with van der Waals surface area (Å²) in [4.78, 5) is 34.6. The zero-order valence-electron chi connectivity index (χ0n) is 13.3. The van der Waals surface area contributed by atoms with E-state index in [0.29, 0.717) is 11.5 Å². The molecule has 0 spiro atoms. The summed E-state index contributed by atoms with van der Waals surface area (Å²) in [6, 6.07) is 9.46. The number of hydrogen-bond acceptors (Lipinski definition) is 4. The molecule has 0 saturated carbocycles. The molecule has 0 saturated heterocycles. The summed E-state index contributed by atoms with van der Waals surface area (Å²) in [7, 11) is 0. The fourth-order valence-electron chi connectivity index (χ4n) is 2.34. The maximum atomic E-state index is 12.4. The van der Waals surface area contributed by atoms with Gasteiger partial charge in [-0.3, -0.25) is 24.3 Å². The number of nitro groups is 1. The third-order valence-corrected chi connectivity index (χ3v) is 3.82. The molecule has 6 nitrogen and oxygen atoms in total. The van der Waals surface area contributed by atoms with Crippen LogP contribution in [-0.4, -0.2) is 15.3 Å². The summed E-state index contributed by atoms with van der Waals surface area (Å²) >= 11 is 0. The molecule has 0 atom stereocenters. The van der Waals surface area contributed by atoms with E-state index >= 15 is 0 Å². The number of aromatic nitrogens is 1. The maximum Gasteiger partial charge on any atom is 0.288 e. The summed E-state index contributed by atoms with van der Waals surface area (Å²) in [5.74, 6) is 0.104. The van der Waals surface area contributed by atoms with Gasteiger partial charge < -0.3 is 0 Å². The smallest absolute Gasteiger partial charge is 0.288 e. The van der Waals surface area contributed by atoms with Crippen molar-refractivity contribution in [3.8, 4) is 0 Å². The Balaban J connectivity index is 2.32. The summed E-state index contributed by atoms with van der Waals surface area (Å²) in [6.07, 6.45) is 0. The van der Waals surface area contributed by atoms with Crippen LogP contribution in [0.15, 0.2) is 41.2 Å². The molecule has 2 rings (SSSR count). The maximum absolute atomic E-state index is 12.4. The molecule has 0 N–H and O–H groups in total. The number of hydrogen-bond donors (Lipinski definition) is 0. The molecule has 6 heteroatoms. The van der Waals surface area contributed by atoms with Crippen molar-refractivity contribution in [1.29, 1.82) is 0 Å². The third-order valence-electron chi connectivity index (χ3n) is 3.82. The summed E-state index contributed by atoms with van der Waals surface area (Å²) < 4.78 is 1.14. The van der Waals surface area contributed by atoms with Gasteiger partial charge in [0.15, 0.2) is 5.78 Å². The number of rotatable bonds is 5. The zero-order valence-corrected chi connectivity index (χ0v) is 13.3. The number of carbonyl (C=O) groups is 1. The van der Waals surface area contributed by atoms with E-state index in [2.05, 4.69) is 13.8 Å². The fourth-order valence-corrected chi connectivity index (χ4v) is 2.34. The first-order valence-corrected chi connectivity index (χ1v) is 7.29. The van der Waals surface area contributed by atoms with Crippen LogP contribution in [0.3, 0.4) is 0 Å². The van der Waals surface area contributed by atoms with Crippen molar-refractivity contribution in [2.24, 2.45) is 0 Å². The molecule has 1 aromatic heterocycles. The molecule has 120 valence electrons. The van der Waals surface area contributed by atoms with E-state index in [1.165, 1.54) is 6.92 Å². The largest absolute Gasteiger partial charge is 0.299 e. The Labute approximate surface area is 133 Å². The number of ketones is 1. The fraction of sp³-hybridized carbons (Fsp3) is 0.294. The van der Waals surface area contributed by atoms with Gasteiger partial charge in [-0.05, 0) is 18.4 Å². The van der Waals surface area contributed by atoms with Crippen LogP contribution in [0.2, 0.25) is 0 Å². The first kappa shape index (κ1) is 16.6. The average molecular weight is 314 g/mol. The van der Waals surface area contributed by atoms with Crippen molar-refractivity contribution in [3.63, 3.8) is 0 Å². The average Bonchev–Trinajstić information content (AvgIpc) is 2.50. The van der Waals surface area contributed by atoms with Crippen molar-refractivity contribution in [3.05, 3.63) is 73.7 Å². The Bertz CT molecular complexity index is 804. The van der Waals surface area contributed by atoms with Crippen LogP contribution < -0.4 is 5.56 Å². The molecule has 0 unspecified atom stereocenters. The Hall–Kier alpha value is -2.76. The highest BCUT2D eigenvalue weighted by atomic mass is 16.6. The first-order chi connectivity index (χ1) is 10.8. The molecule has 23 heavy (non-hydrogen) atoms. The predicted molar refractivity (Wildman–Crippen MR) is 87.0 cm³/mol. The van der Waals surface area contributed by atoms with Crippen molar-refractivity contribution in [2.45, 2.75) is 33.2 Å². The summed E-state index contributed by atoms with van der Waals surface area (Å²) in [6.45, 7) is 5.37. The normalized spacial score (nSPS) is 10.8. The molecule has 1 heterocycles. The number of Topliss-reactive ketones (excluding diaryl/α,β-unsaturated/α-hetero) is 1. The van der Waals surface area contributed by atoms with Gasteiger partial charge in [0.1, 0.15) is 0 Å². The minimum Gasteiger partial charge on any atom is -0.299 e. The van der Waals surface area contributed by atoms with Gasteiger partial charge in [-0.25, -0.2) is 0 Å². The lowest BCUT2D eigenvalue weighted by molar-refractivity contribution is -0.386. The van der Waals surface area contributed by atoms with Crippen LogP contribution in [0.5, 0.6) is 0 Å². The molecule has 0 fully saturated rings. The van der Waals surface area contributed by atoms with Crippen molar-refractivity contribution < 1.29 is 9.72 Å². The predicted octanol–water partition coefficient (Wildman–Crippen LogP) is 3.07. The molecule has 1 aromatic carbocycles. The molecule has 0 aliphatic heterocycles. The summed E-state index contributed by atoms with van der Waals surface area (Å²) in [5, 5.41) is 10.9. The monoisotopic (exact) mass is 314 g/mol. The van der Waals surface area contributed by atoms with Crippen LogP contribution in [-0.2, 0) is 6.54 Å². The number of benzene rings is 1. The second-order valence-corrected chi connectivity index (χ2v) is 5.69. The van der Waals surface area contributed by atoms with Gasteiger partial charge in [-0.15, -0.1) is 0 Å². The van der Waals surface area contributed by atoms with Gasteiger partial charge in [0.25, 0.3) is 11.2 Å². The SMILES string of the molecule is Cc1c([N+](=O)[O-])ccc(=O)n1CC(=O)c1ccc(C(C)C)cc1. The van der Waals surface area contributed by atoms with Gasteiger partial charge >= 0.3 is 0 Å². The van der Waals surface area contributed by atoms with E-state index < -0.39 is 10.5 Å². The van der Waals surface area contributed by atoms with E-state index in [1.807, 2.05) is 12.1 Å². The number of pyridine rings is 1. The highest BCUT2D eigenvalue weighted by Gasteiger charge is 2.17. The summed E-state index contributed by atoms with van der Waals surface area (Å²) in [5.41, 5.74) is 1.17. The van der Waals surface area contributed by atoms with E-state index in [9.17, 15) is 19.7 Å². The van der Waals surface area contributed by atoms with Gasteiger partial charge in [0, 0.05) is 17.7 Å². The minimum atomic E-state index is -0.562. The Morgan fingerprint density at radius 2 is 1.78 bits per heavy atom. The van der Waals surface area contributed by atoms with Gasteiger partial charge in [0.05, 0.1) is 17.2 Å². The molecular formula is C17H18N2O4. The van der Waals surface area contributed by atoms with E-state index in [1.54, 1.807) is 12.1 Å². The second-order valence-electron chi connectivity index (χ2n) is 5.69. The Kier molecular flexibility index (Phi) is 4.74. The molecule has 0 radical (unpaired) electrons. The van der Waals surface area contributed by atoms with E-state index in [0.717, 1.165) is 22.3 Å². The Morgan fingerprint density at radius 3 is 2.30 bits per heavy atom. The van der Waals surface area contributed by atoms with E-state index in [-0.39, 0.29) is 23.7 Å². The van der Waals surface area contributed by atoms with Gasteiger partial charge in [0.2, 0.25) is 0 Å². The van der Waals surface area contributed by atoms with Crippen LogP contribution in [0.1, 0.15) is 41.4 Å². The van der Waals surface area contributed by atoms with Crippen molar-refractivity contribution >= 4 is 11.5 Å².